The number of nitro groups is 1. The van der Waals surface area contributed by atoms with Gasteiger partial charge in [-0.05, 0) is 72.3 Å². The van der Waals surface area contributed by atoms with Crippen molar-refractivity contribution in [3.05, 3.63) is 199 Å². The molecule has 0 unspecified atom stereocenters. The maximum Gasteiger partial charge on any atom is 0.381 e. The number of rotatable bonds is 15. The van der Waals surface area contributed by atoms with Crippen LogP contribution >= 0.6 is 0 Å². The minimum atomic E-state index is -0.535. The predicted molar refractivity (Wildman–Crippen MR) is 320 cm³/mol. The van der Waals surface area contributed by atoms with Crippen molar-refractivity contribution in [1.29, 1.82) is 0 Å². The van der Waals surface area contributed by atoms with E-state index in [0.717, 1.165) is 61.2 Å². The Kier molecular flexibility index (Phi) is 19.0. The van der Waals surface area contributed by atoms with Gasteiger partial charge in [0.2, 0.25) is 6.33 Å². The molecule has 82 heavy (non-hydrogen) atoms. The van der Waals surface area contributed by atoms with Gasteiger partial charge in [-0.3, -0.25) is 10.6 Å². The van der Waals surface area contributed by atoms with Gasteiger partial charge in [0.1, 0.15) is 48.4 Å². The average molecular weight is 1290 g/mol. The van der Waals surface area contributed by atoms with E-state index in [1.807, 2.05) is 140 Å². The van der Waals surface area contributed by atoms with Crippen LogP contribution in [0.2, 0.25) is 0 Å². The summed E-state index contributed by atoms with van der Waals surface area (Å²) in [5, 5.41) is 35.8. The zero-order chi connectivity index (χ0) is 56.7. The largest absolute Gasteiger partial charge is 0.491 e. The normalized spacial score (nSPS) is 11.2. The number of nitrogen functional groups attached to an aromatic ring is 1. The van der Waals surface area contributed by atoms with Crippen LogP contribution in [0.4, 0.5) is 44.2 Å². The van der Waals surface area contributed by atoms with Crippen molar-refractivity contribution in [2.75, 3.05) is 40.2 Å². The van der Waals surface area contributed by atoms with Gasteiger partial charge in [0.25, 0.3) is 0 Å². The summed E-state index contributed by atoms with van der Waals surface area (Å²) in [6.45, 7) is 18.3. The summed E-state index contributed by atoms with van der Waals surface area (Å²) in [4.78, 5) is 44.6. The van der Waals surface area contributed by atoms with Gasteiger partial charge in [-0.25, -0.2) is 23.9 Å². The molecule has 10 rings (SSSR count). The van der Waals surface area contributed by atoms with Crippen LogP contribution in [0.3, 0.4) is 0 Å². The number of carbonyl (C=O) groups excluding carboxylic acids is 2. The average Bonchev–Trinajstić information content (AvgIpc) is 4.39. The van der Waals surface area contributed by atoms with Crippen molar-refractivity contribution in [3.8, 4) is 22.9 Å². The third-order valence-electron chi connectivity index (χ3n) is 12.9. The van der Waals surface area contributed by atoms with Crippen LogP contribution in [0, 0.1) is 31.4 Å². The minimum Gasteiger partial charge on any atom is -0.491 e. The van der Waals surface area contributed by atoms with E-state index in [4.69, 9.17) is 25.4 Å². The smallest absolute Gasteiger partial charge is 0.381 e. The summed E-state index contributed by atoms with van der Waals surface area (Å²) < 4.78 is 19.1. The molecule has 6 aromatic carbocycles. The van der Waals surface area contributed by atoms with Crippen LogP contribution in [-0.4, -0.2) is 68.9 Å². The minimum absolute atomic E-state index is 0. The van der Waals surface area contributed by atoms with E-state index in [-0.39, 0.29) is 57.8 Å². The molecule has 428 valence electrons. The summed E-state index contributed by atoms with van der Waals surface area (Å²) in [5.41, 5.74) is 12.3. The summed E-state index contributed by atoms with van der Waals surface area (Å²) in [6.07, 6.45) is 6.21. The van der Waals surface area contributed by atoms with E-state index in [9.17, 15) is 19.7 Å². The van der Waals surface area contributed by atoms with Gasteiger partial charge >= 0.3 is 17.9 Å². The molecule has 0 aliphatic heterocycles. The third kappa shape index (κ3) is 14.7. The van der Waals surface area contributed by atoms with Crippen molar-refractivity contribution < 1.29 is 45.1 Å². The van der Waals surface area contributed by atoms with Crippen LogP contribution in [0.25, 0.3) is 32.9 Å². The van der Waals surface area contributed by atoms with Gasteiger partial charge in [0.15, 0.2) is 0 Å². The molecule has 21 heteroatoms. The number of urea groups is 2. The SMILES string of the molecule is Cc1ccc(-n2nc(C(C)(C)C)cc2NC(=O)Nc2ccc(OCCn3cnc(N)c3)c3ccccc23)cc1.Cc1ccc(-n2nc(C(C)(C)C)cc2NC(=O)Nc2ccc(OCCn3cnc([N+](=O)[O-])c3)c3ccccc23)cc1.[CH3-].[Pt]. The Bertz CT molecular complexity index is 3830. The van der Waals surface area contributed by atoms with E-state index in [0.29, 0.717) is 54.3 Å². The number of ether oxygens (including phenoxy) is 2. The fourth-order valence-electron chi connectivity index (χ4n) is 8.58. The Morgan fingerprint density at radius 2 is 0.976 bits per heavy atom. The van der Waals surface area contributed by atoms with Crippen molar-refractivity contribution in [2.45, 2.75) is 79.3 Å². The van der Waals surface area contributed by atoms with E-state index in [1.165, 1.54) is 12.5 Å². The number of hydrogen-bond donors (Lipinski definition) is 5. The maximum atomic E-state index is 13.2. The Hall–Kier alpha value is -9.29. The predicted octanol–water partition coefficient (Wildman–Crippen LogP) is 13.0. The van der Waals surface area contributed by atoms with Crippen LogP contribution in [-0.2, 0) is 45.0 Å². The Labute approximate surface area is 490 Å². The van der Waals surface area contributed by atoms with E-state index in [2.05, 4.69) is 72.8 Å². The van der Waals surface area contributed by atoms with Crippen LogP contribution in [0.1, 0.15) is 64.1 Å². The summed E-state index contributed by atoms with van der Waals surface area (Å²) in [5.74, 6) is 2.78. The second-order valence-corrected chi connectivity index (χ2v) is 21.3. The van der Waals surface area contributed by atoms with Crippen molar-refractivity contribution in [3.63, 3.8) is 0 Å². The quantitative estimate of drug-likeness (QED) is 0.0367. The van der Waals surface area contributed by atoms with E-state index in [1.54, 1.807) is 38.6 Å². The zero-order valence-electron chi connectivity index (χ0n) is 47.2. The number of nitrogens with zero attached hydrogens (tertiary/aromatic N) is 9. The number of carbonyl (C=O) groups is 2. The van der Waals surface area contributed by atoms with Crippen LogP contribution < -0.4 is 36.5 Å². The zero-order valence-corrected chi connectivity index (χ0v) is 49.5. The van der Waals surface area contributed by atoms with Crippen molar-refractivity contribution in [1.82, 2.24) is 38.7 Å². The number of aromatic nitrogens is 8. The van der Waals surface area contributed by atoms with Crippen LogP contribution in [0.5, 0.6) is 11.5 Å². The molecular formula is C61H67N14O6Pt-. The molecule has 4 aromatic heterocycles. The molecule has 0 bridgehead atoms. The number of nitrogens with one attached hydrogen (secondary N) is 4. The Balaban J connectivity index is 0.000000231. The van der Waals surface area contributed by atoms with Gasteiger partial charge in [0.05, 0.1) is 53.6 Å². The first-order chi connectivity index (χ1) is 38.2. The summed E-state index contributed by atoms with van der Waals surface area (Å²) >= 11 is 0. The first kappa shape index (κ1) is 60.4. The molecule has 0 fully saturated rings. The van der Waals surface area contributed by atoms with E-state index >= 15 is 0 Å². The number of aryl methyl sites for hydroxylation is 2. The monoisotopic (exact) mass is 1290 g/mol. The van der Waals surface area contributed by atoms with E-state index < -0.39 is 11.0 Å². The third-order valence-corrected chi connectivity index (χ3v) is 12.9. The molecule has 10 aromatic rings. The van der Waals surface area contributed by atoms with Gasteiger partial charge in [0, 0.05) is 71.8 Å². The van der Waals surface area contributed by atoms with Gasteiger partial charge in [-0.2, -0.15) is 10.2 Å². The molecule has 6 N–H and O–H groups in total. The number of benzene rings is 6. The number of fused-ring (bicyclic) bond motifs is 2. The molecule has 0 aliphatic rings. The molecule has 20 nitrogen and oxygen atoms in total. The molecule has 4 heterocycles. The molecule has 0 atom stereocenters. The molecule has 0 aliphatic carbocycles. The molecule has 0 spiro atoms. The topological polar surface area (TPSA) is 241 Å². The van der Waals surface area contributed by atoms with Crippen LogP contribution in [0.15, 0.2) is 159 Å². The fourth-order valence-corrected chi connectivity index (χ4v) is 8.58. The number of anilines is 5. The Morgan fingerprint density at radius 3 is 1.35 bits per heavy atom. The number of amides is 4. The summed E-state index contributed by atoms with van der Waals surface area (Å²) in [6, 6.07) is 41.8. The molecule has 0 saturated heterocycles. The molecule has 0 saturated carbocycles. The first-order valence-electron chi connectivity index (χ1n) is 26.0. The second kappa shape index (κ2) is 25.9. The molecule has 0 radical (unpaired) electrons. The number of imidazole rings is 2. The van der Waals surface area contributed by atoms with Crippen molar-refractivity contribution >= 4 is 68.3 Å². The number of nitrogens with two attached hydrogens (primary N) is 1. The van der Waals surface area contributed by atoms with Crippen molar-refractivity contribution in [2.24, 2.45) is 0 Å². The van der Waals surface area contributed by atoms with Gasteiger partial charge in [-0.1, -0.05) is 125 Å². The van der Waals surface area contributed by atoms with Gasteiger partial charge < -0.3 is 52.5 Å². The standard InChI is InChI=1S/C30H31N7O4.C30H33N7O2.CH3.Pt/c1-20-9-11-21(12-10-20)36-27(17-26(34-36)30(2,3)4)33-29(38)32-24-13-14-25(23-8-6-5-7-22(23)24)41-16-15-35-18-28(31-19-35)37(39)40;1-20-9-11-21(12-10-20)37-28(17-26(35-37)30(2,3)4)34-29(38)33-24-13-14-25(23-8-6-5-7-22(23)24)39-16-15-36-18-27(31)32-19-36;;/h5-14,17-19H,15-16H2,1-4H3,(H2,32,33,38);5-14,17-19H,15-16,31H2,1-4H3,(H2,33,34,38);1H3;/q;;-1;. The maximum absolute atomic E-state index is 13.2. The molecule has 4 amide bonds. The number of hydrogen-bond acceptors (Lipinski definition) is 11. The molecular weight excluding hydrogens is 1220 g/mol. The summed E-state index contributed by atoms with van der Waals surface area (Å²) in [7, 11) is 0. The Morgan fingerprint density at radius 1 is 0.573 bits per heavy atom. The second-order valence-electron chi connectivity index (χ2n) is 21.3. The fraction of sp³-hybridized carbons (Fsp3) is 0.230. The van der Waals surface area contributed by atoms with Gasteiger partial charge in [-0.15, -0.1) is 0 Å². The first-order valence-corrected chi connectivity index (χ1v) is 26.0.